The first-order valence-corrected chi connectivity index (χ1v) is 15.4. The van der Waals surface area contributed by atoms with Gasteiger partial charge in [0.2, 0.25) is 0 Å². The van der Waals surface area contributed by atoms with Crippen molar-refractivity contribution in [3.05, 3.63) is 176 Å². The van der Waals surface area contributed by atoms with Gasteiger partial charge in [0, 0.05) is 56.2 Å². The first-order valence-electron chi connectivity index (χ1n) is 15.4. The zero-order valence-electron chi connectivity index (χ0n) is 24.6. The summed E-state index contributed by atoms with van der Waals surface area (Å²) in [5.41, 5.74) is 9.33. The average Bonchev–Trinajstić information content (AvgIpc) is 3.70. The molecule has 9 aromatic rings. The third-order valence-corrected chi connectivity index (χ3v) is 8.90. The number of hydrogen-bond acceptors (Lipinski definition) is 1. The van der Waals surface area contributed by atoms with Gasteiger partial charge in [0.15, 0.2) is 0 Å². The Morgan fingerprint density at radius 3 is 1.67 bits per heavy atom. The van der Waals surface area contributed by atoms with Crippen LogP contribution >= 0.6 is 0 Å². The second kappa shape index (κ2) is 10.3. The van der Waals surface area contributed by atoms with Gasteiger partial charge < -0.3 is 14.0 Å². The minimum Gasteiger partial charge on any atom is -0.316 e. The highest BCUT2D eigenvalue weighted by Gasteiger charge is 2.18. The lowest BCUT2D eigenvalue weighted by molar-refractivity contribution is 1.13. The van der Waals surface area contributed by atoms with Crippen LogP contribution in [0.3, 0.4) is 0 Å². The molecule has 7 aromatic carbocycles. The van der Waals surface area contributed by atoms with Crippen molar-refractivity contribution >= 4 is 60.5 Å². The number of para-hydroxylation sites is 4. The Bertz CT molecular complexity index is 2420. The molecule has 9 rings (SSSR count). The second-order valence-electron chi connectivity index (χ2n) is 11.5. The molecule has 0 radical (unpaired) electrons. The third-order valence-electron chi connectivity index (χ3n) is 8.90. The summed E-state index contributed by atoms with van der Waals surface area (Å²) >= 11 is 0. The maximum absolute atomic E-state index is 2.40. The third kappa shape index (κ3) is 4.05. The molecule has 0 aliphatic heterocycles. The van der Waals surface area contributed by atoms with Gasteiger partial charge in [0.1, 0.15) is 0 Å². The Morgan fingerprint density at radius 1 is 0.378 bits per heavy atom. The molecule has 0 saturated carbocycles. The molecule has 0 fully saturated rings. The smallest absolute Gasteiger partial charge is 0.0613 e. The van der Waals surface area contributed by atoms with Gasteiger partial charge in [-0.1, -0.05) is 91.0 Å². The molecule has 3 heteroatoms. The summed E-state index contributed by atoms with van der Waals surface area (Å²) in [5, 5.41) is 6.29. The predicted octanol–water partition coefficient (Wildman–Crippen LogP) is 11.4. The fourth-order valence-electron chi connectivity index (χ4n) is 6.93. The zero-order valence-corrected chi connectivity index (χ0v) is 24.6. The van der Waals surface area contributed by atoms with Gasteiger partial charge in [-0.15, -0.1) is 0 Å². The molecule has 3 nitrogen and oxygen atoms in total. The van der Waals surface area contributed by atoms with Gasteiger partial charge in [0.05, 0.1) is 16.6 Å². The molecule has 0 atom stereocenters. The molecule has 0 aliphatic carbocycles. The Kier molecular flexibility index (Phi) is 5.82. The van der Waals surface area contributed by atoms with Gasteiger partial charge in [-0.25, -0.2) is 0 Å². The predicted molar refractivity (Wildman–Crippen MR) is 190 cm³/mol. The van der Waals surface area contributed by atoms with Gasteiger partial charge in [0.25, 0.3) is 0 Å². The minimum atomic E-state index is 1.12. The Labute approximate surface area is 261 Å². The summed E-state index contributed by atoms with van der Waals surface area (Å²) in [6.45, 7) is 0. The average molecular weight is 576 g/mol. The van der Waals surface area contributed by atoms with Gasteiger partial charge >= 0.3 is 0 Å². The molecule has 2 heterocycles. The van der Waals surface area contributed by atoms with Crippen molar-refractivity contribution < 1.29 is 0 Å². The van der Waals surface area contributed by atoms with Crippen molar-refractivity contribution in [1.29, 1.82) is 0 Å². The largest absolute Gasteiger partial charge is 0.316 e. The van der Waals surface area contributed by atoms with Gasteiger partial charge in [-0.3, -0.25) is 0 Å². The highest BCUT2D eigenvalue weighted by Crippen LogP contribution is 2.41. The first-order chi connectivity index (χ1) is 22.3. The van der Waals surface area contributed by atoms with E-state index in [1.165, 1.54) is 49.2 Å². The molecule has 0 amide bonds. The number of anilines is 3. The van der Waals surface area contributed by atoms with E-state index < -0.39 is 0 Å². The lowest BCUT2D eigenvalue weighted by Crippen LogP contribution is -2.09. The maximum atomic E-state index is 2.40. The van der Waals surface area contributed by atoms with Crippen LogP contribution < -0.4 is 4.90 Å². The highest BCUT2D eigenvalue weighted by molar-refractivity contribution is 6.27. The molecule has 212 valence electrons. The van der Waals surface area contributed by atoms with Crippen molar-refractivity contribution in [3.63, 3.8) is 0 Å². The molecule has 0 unspecified atom stereocenters. The molecule has 0 bridgehead atoms. The van der Waals surface area contributed by atoms with Crippen LogP contribution in [0, 0.1) is 0 Å². The Morgan fingerprint density at radius 2 is 0.956 bits per heavy atom. The van der Waals surface area contributed by atoms with E-state index in [2.05, 4.69) is 190 Å². The lowest BCUT2D eigenvalue weighted by Gasteiger charge is -2.25. The van der Waals surface area contributed by atoms with Crippen molar-refractivity contribution in [1.82, 2.24) is 9.13 Å². The molecular formula is C42H29N3. The van der Waals surface area contributed by atoms with E-state index in [1.807, 2.05) is 0 Å². The SMILES string of the molecule is c1ccc(N(c2ccccc2)c2ccc(-n3ccc4ccc5ccc6c(c7ccccc7n6-c6ccccc6)c5c43)cc2)cc1. The highest BCUT2D eigenvalue weighted by atomic mass is 15.1. The summed E-state index contributed by atoms with van der Waals surface area (Å²) in [4.78, 5) is 2.30. The van der Waals surface area contributed by atoms with Crippen molar-refractivity contribution in [2.24, 2.45) is 0 Å². The number of rotatable bonds is 5. The van der Waals surface area contributed by atoms with Crippen LogP contribution in [0.5, 0.6) is 0 Å². The fraction of sp³-hybridized carbons (Fsp3) is 0. The van der Waals surface area contributed by atoms with Gasteiger partial charge in [-0.2, -0.15) is 0 Å². The number of nitrogens with zero attached hydrogens (tertiary/aromatic N) is 3. The first kappa shape index (κ1) is 25.4. The molecule has 0 spiro atoms. The summed E-state index contributed by atoms with van der Waals surface area (Å²) < 4.78 is 4.75. The molecule has 45 heavy (non-hydrogen) atoms. The molecule has 2 aromatic heterocycles. The topological polar surface area (TPSA) is 13.1 Å². The summed E-state index contributed by atoms with van der Waals surface area (Å²) in [7, 11) is 0. The van der Waals surface area contributed by atoms with Crippen molar-refractivity contribution in [2.45, 2.75) is 0 Å². The van der Waals surface area contributed by atoms with E-state index in [9.17, 15) is 0 Å². The van der Waals surface area contributed by atoms with Crippen molar-refractivity contribution in [2.75, 3.05) is 4.90 Å². The van der Waals surface area contributed by atoms with Crippen LogP contribution in [0.4, 0.5) is 17.1 Å². The minimum absolute atomic E-state index is 1.12. The zero-order chi connectivity index (χ0) is 29.7. The van der Waals surface area contributed by atoms with E-state index in [-0.39, 0.29) is 0 Å². The van der Waals surface area contributed by atoms with Crippen LogP contribution in [-0.4, -0.2) is 9.13 Å². The van der Waals surface area contributed by atoms with E-state index in [4.69, 9.17) is 0 Å². The number of hydrogen-bond donors (Lipinski definition) is 0. The molecule has 0 aliphatic rings. The van der Waals surface area contributed by atoms with Crippen LogP contribution in [0.1, 0.15) is 0 Å². The number of benzene rings is 7. The Balaban J connectivity index is 1.27. The second-order valence-corrected chi connectivity index (χ2v) is 11.5. The Hall–Kier alpha value is -6.06. The van der Waals surface area contributed by atoms with E-state index >= 15 is 0 Å². The van der Waals surface area contributed by atoms with E-state index in [0.29, 0.717) is 0 Å². The fourth-order valence-corrected chi connectivity index (χ4v) is 6.93. The van der Waals surface area contributed by atoms with E-state index in [0.717, 1.165) is 22.7 Å². The maximum Gasteiger partial charge on any atom is 0.0613 e. The van der Waals surface area contributed by atoms with Crippen LogP contribution in [0.25, 0.3) is 54.9 Å². The monoisotopic (exact) mass is 575 g/mol. The normalized spacial score (nSPS) is 11.6. The van der Waals surface area contributed by atoms with Crippen molar-refractivity contribution in [3.8, 4) is 11.4 Å². The van der Waals surface area contributed by atoms with E-state index in [1.54, 1.807) is 0 Å². The molecular weight excluding hydrogens is 546 g/mol. The van der Waals surface area contributed by atoms with Crippen LogP contribution in [-0.2, 0) is 0 Å². The summed E-state index contributed by atoms with van der Waals surface area (Å²) in [5.74, 6) is 0. The number of fused-ring (bicyclic) bond motifs is 7. The summed E-state index contributed by atoms with van der Waals surface area (Å²) in [6, 6.07) is 60.8. The standard InChI is InChI=1S/C42H29N3/c1-4-12-33(13-5-1)44(34-14-6-2-7-15-34)36-25-23-32(24-26-36)43-29-28-31-21-20-30-22-27-39-41(40(30)42(31)43)37-18-10-11-19-38(37)45(39)35-16-8-3-9-17-35/h1-29H. The molecule has 0 N–H and O–H groups in total. The molecule has 0 saturated heterocycles. The van der Waals surface area contributed by atoms with Crippen LogP contribution in [0.15, 0.2) is 176 Å². The lowest BCUT2D eigenvalue weighted by atomic mass is 10.0. The van der Waals surface area contributed by atoms with Crippen LogP contribution in [0.2, 0.25) is 0 Å². The quantitative estimate of drug-likeness (QED) is 0.199. The summed E-state index contributed by atoms with van der Waals surface area (Å²) in [6.07, 6.45) is 2.21. The number of aromatic nitrogens is 2. The van der Waals surface area contributed by atoms with Gasteiger partial charge in [-0.05, 0) is 84.2 Å².